The fourth-order valence-electron chi connectivity index (χ4n) is 6.51. The maximum absolute atomic E-state index is 10.0. The van der Waals surface area contributed by atoms with Crippen molar-refractivity contribution in [3.05, 3.63) is 54.6 Å². The molecule has 0 amide bonds. The van der Waals surface area contributed by atoms with Gasteiger partial charge < -0.3 is 28.9 Å². The van der Waals surface area contributed by atoms with Crippen LogP contribution < -0.4 is 28.9 Å². The maximum Gasteiger partial charge on any atom is 0.179 e. The van der Waals surface area contributed by atoms with Gasteiger partial charge in [0, 0.05) is 18.2 Å². The average Bonchev–Trinajstić information content (AvgIpc) is 3.25. The molecular weight excluding hydrogens is 727 g/mol. The molecule has 57 heavy (non-hydrogen) atoms. The minimum Gasteiger partial charge on any atom is -0.493 e. The smallest absolute Gasteiger partial charge is 0.179 e. The molecule has 0 atom stereocenters. The molecule has 1 heterocycles. The molecule has 0 aliphatic heterocycles. The van der Waals surface area contributed by atoms with Gasteiger partial charge in [-0.05, 0) is 55.7 Å². The van der Waals surface area contributed by atoms with Crippen LogP contribution in [0.2, 0.25) is 0 Å². The van der Waals surface area contributed by atoms with E-state index in [9.17, 15) is 15.8 Å². The first-order valence-corrected chi connectivity index (χ1v) is 21.1. The number of rotatable bonds is 30. The van der Waals surface area contributed by atoms with E-state index >= 15 is 0 Å². The lowest BCUT2D eigenvalue weighted by molar-refractivity contribution is -0.137. The van der Waals surface area contributed by atoms with Crippen LogP contribution in [0.25, 0.3) is 34.2 Å². The summed E-state index contributed by atoms with van der Waals surface area (Å²) in [5.74, 6) is 2.12. The quantitative estimate of drug-likeness (QED) is 0.0261. The van der Waals surface area contributed by atoms with Gasteiger partial charge in [0.1, 0.15) is 17.2 Å². The summed E-state index contributed by atoms with van der Waals surface area (Å²) >= 11 is 0. The molecule has 0 aliphatic rings. The van der Waals surface area contributed by atoms with Crippen LogP contribution in [-0.4, -0.2) is 50.5 Å². The van der Waals surface area contributed by atoms with Crippen molar-refractivity contribution in [1.82, 2.24) is 15.0 Å². The van der Waals surface area contributed by atoms with Crippen molar-refractivity contribution in [2.75, 3.05) is 19.8 Å². The monoisotopic (exact) mass is 789 g/mol. The van der Waals surface area contributed by atoms with Gasteiger partial charge in [0.2, 0.25) is 0 Å². The van der Waals surface area contributed by atoms with Crippen molar-refractivity contribution >= 4 is 0 Å². The normalized spacial score (nSPS) is 11.1. The molecule has 1 aromatic heterocycles. The van der Waals surface area contributed by atoms with Crippen LogP contribution in [0.3, 0.4) is 0 Å². The SMILES string of the molecule is CCCCCCCCOc1ccc(-c2nc(-c3ccc(OCCCCCCCC)cc3OO)nc(-c3ccc(OCCCCCCCC)cc3OO)n2)c(OO)c1. The van der Waals surface area contributed by atoms with Gasteiger partial charge >= 0.3 is 0 Å². The van der Waals surface area contributed by atoms with Gasteiger partial charge in [-0.15, -0.1) is 0 Å². The molecule has 12 nitrogen and oxygen atoms in total. The van der Waals surface area contributed by atoms with Crippen LogP contribution in [0.1, 0.15) is 136 Å². The Balaban J connectivity index is 1.63. The zero-order chi connectivity index (χ0) is 40.5. The van der Waals surface area contributed by atoms with Gasteiger partial charge in [-0.25, -0.2) is 30.7 Å². The highest BCUT2D eigenvalue weighted by Crippen LogP contribution is 2.38. The molecule has 0 fully saturated rings. The summed E-state index contributed by atoms with van der Waals surface area (Å²) in [6.45, 7) is 8.18. The van der Waals surface area contributed by atoms with E-state index in [2.05, 4.69) is 20.8 Å². The molecule has 312 valence electrons. The predicted molar refractivity (Wildman–Crippen MR) is 223 cm³/mol. The molecule has 0 aliphatic carbocycles. The van der Waals surface area contributed by atoms with E-state index < -0.39 is 0 Å². The maximum atomic E-state index is 10.0. The molecule has 0 unspecified atom stereocenters. The fraction of sp³-hybridized carbons (Fsp3) is 0.533. The van der Waals surface area contributed by atoms with Gasteiger partial charge in [0.15, 0.2) is 34.7 Å². The molecule has 4 rings (SSSR count). The highest BCUT2D eigenvalue weighted by Gasteiger charge is 2.22. The van der Waals surface area contributed by atoms with Crippen molar-refractivity contribution in [2.45, 2.75) is 136 Å². The Labute approximate surface area is 338 Å². The minimum absolute atomic E-state index is 0.0627. The molecule has 0 spiro atoms. The van der Waals surface area contributed by atoms with E-state index in [1.807, 2.05) is 0 Å². The summed E-state index contributed by atoms with van der Waals surface area (Å²) in [4.78, 5) is 28.7. The van der Waals surface area contributed by atoms with Crippen molar-refractivity contribution in [3.63, 3.8) is 0 Å². The third kappa shape index (κ3) is 15.0. The molecule has 0 saturated carbocycles. The molecule has 3 N–H and O–H groups in total. The summed E-state index contributed by atoms with van der Waals surface area (Å²) < 4.78 is 17.9. The third-order valence-corrected chi connectivity index (χ3v) is 9.81. The van der Waals surface area contributed by atoms with Gasteiger partial charge in [-0.1, -0.05) is 117 Å². The second kappa shape index (κ2) is 26.3. The largest absolute Gasteiger partial charge is 0.493 e. The Kier molecular flexibility index (Phi) is 20.8. The van der Waals surface area contributed by atoms with E-state index in [4.69, 9.17) is 43.8 Å². The van der Waals surface area contributed by atoms with Gasteiger partial charge in [0.05, 0.1) is 36.5 Å². The van der Waals surface area contributed by atoms with E-state index in [-0.39, 0.29) is 34.7 Å². The molecular formula is C45H63N3O9. The Morgan fingerprint density at radius 2 is 0.632 bits per heavy atom. The third-order valence-electron chi connectivity index (χ3n) is 9.81. The lowest BCUT2D eigenvalue weighted by Crippen LogP contribution is -2.04. The zero-order valence-electron chi connectivity index (χ0n) is 34.2. The van der Waals surface area contributed by atoms with Crippen LogP contribution in [0.4, 0.5) is 0 Å². The fourth-order valence-corrected chi connectivity index (χ4v) is 6.51. The number of ether oxygens (including phenoxy) is 3. The molecule has 12 heteroatoms. The Hall–Kier alpha value is -4.65. The highest BCUT2D eigenvalue weighted by atomic mass is 17.1. The van der Waals surface area contributed by atoms with E-state index in [0.29, 0.717) is 53.8 Å². The summed E-state index contributed by atoms with van der Waals surface area (Å²) in [6, 6.07) is 15.1. The Morgan fingerprint density at radius 1 is 0.368 bits per heavy atom. The van der Waals surface area contributed by atoms with Crippen molar-refractivity contribution in [2.24, 2.45) is 0 Å². The zero-order valence-corrected chi connectivity index (χ0v) is 34.2. The second-order valence-electron chi connectivity index (χ2n) is 14.4. The Bertz CT molecular complexity index is 1530. The molecule has 3 aromatic carbocycles. The number of unbranched alkanes of at least 4 members (excludes halogenated alkanes) is 15. The van der Waals surface area contributed by atoms with E-state index in [1.165, 1.54) is 77.0 Å². The number of aromatic nitrogens is 3. The molecule has 0 bridgehead atoms. The highest BCUT2D eigenvalue weighted by molar-refractivity contribution is 5.75. The van der Waals surface area contributed by atoms with Crippen molar-refractivity contribution < 1.29 is 44.6 Å². The van der Waals surface area contributed by atoms with Crippen LogP contribution in [0.5, 0.6) is 34.5 Å². The summed E-state index contributed by atoms with van der Waals surface area (Å²) in [5.41, 5.74) is 1.01. The second-order valence-corrected chi connectivity index (χ2v) is 14.4. The summed E-state index contributed by atoms with van der Waals surface area (Å²) in [6.07, 6.45) is 20.4. The predicted octanol–water partition coefficient (Wildman–Crippen LogP) is 12.6. The molecule has 4 aromatic rings. The first-order chi connectivity index (χ1) is 28.0. The lowest BCUT2D eigenvalue weighted by atomic mass is 10.1. The average molecular weight is 790 g/mol. The standard InChI is InChI=1S/C45H63N3O9/c1-4-7-10-13-16-19-28-52-34-22-25-37(40(31-34)55-49)43-46-44(38-26-23-35(32-41(38)56-50)53-29-20-17-14-11-8-5-2)48-45(47-43)39-27-24-36(33-42(39)57-51)54-30-21-18-15-12-9-6-3/h22-27,31-33,49-51H,4-21,28-30H2,1-3H3. The minimum atomic E-state index is 0.0627. The summed E-state index contributed by atoms with van der Waals surface area (Å²) in [5, 5.41) is 30.1. The number of hydrogen-bond donors (Lipinski definition) is 3. The van der Waals surface area contributed by atoms with Crippen LogP contribution in [-0.2, 0) is 0 Å². The lowest BCUT2D eigenvalue weighted by Gasteiger charge is -2.14. The van der Waals surface area contributed by atoms with E-state index in [0.717, 1.165) is 38.5 Å². The van der Waals surface area contributed by atoms with Crippen LogP contribution >= 0.6 is 0 Å². The summed E-state index contributed by atoms with van der Waals surface area (Å²) in [7, 11) is 0. The number of hydrogen-bond acceptors (Lipinski definition) is 12. The van der Waals surface area contributed by atoms with Crippen molar-refractivity contribution in [1.29, 1.82) is 0 Å². The van der Waals surface area contributed by atoms with Crippen LogP contribution in [0, 0.1) is 0 Å². The number of nitrogens with zero attached hydrogens (tertiary/aromatic N) is 3. The van der Waals surface area contributed by atoms with Gasteiger partial charge in [-0.3, -0.25) is 0 Å². The van der Waals surface area contributed by atoms with Crippen molar-refractivity contribution in [3.8, 4) is 68.7 Å². The Morgan fingerprint density at radius 3 is 0.895 bits per heavy atom. The first-order valence-electron chi connectivity index (χ1n) is 21.1. The molecule has 0 saturated heterocycles. The first kappa shape index (κ1) is 45.1. The van der Waals surface area contributed by atoms with E-state index in [1.54, 1.807) is 54.6 Å². The van der Waals surface area contributed by atoms with Gasteiger partial charge in [0.25, 0.3) is 0 Å². The van der Waals surface area contributed by atoms with Crippen LogP contribution in [0.15, 0.2) is 54.6 Å². The molecule has 0 radical (unpaired) electrons. The topological polar surface area (TPSA) is 155 Å². The number of benzene rings is 3. The van der Waals surface area contributed by atoms with Gasteiger partial charge in [-0.2, -0.15) is 0 Å².